The summed E-state index contributed by atoms with van der Waals surface area (Å²) < 4.78 is 0. The zero-order chi connectivity index (χ0) is 19.5. The van der Waals surface area contributed by atoms with Crippen LogP contribution < -0.4 is 4.90 Å². The number of rotatable bonds is 4. The lowest BCUT2D eigenvalue weighted by Gasteiger charge is -2.25. The van der Waals surface area contributed by atoms with Crippen LogP contribution in [0.3, 0.4) is 0 Å². The minimum atomic E-state index is 0.952. The fourth-order valence-electron chi connectivity index (χ4n) is 3.60. The molecule has 138 valence electrons. The Bertz CT molecular complexity index is 1190. The molecule has 0 aliphatic rings. The van der Waals surface area contributed by atoms with Crippen LogP contribution in [-0.2, 0) is 0 Å². The van der Waals surface area contributed by atoms with E-state index in [0.717, 1.165) is 39.2 Å². The molecule has 0 saturated heterocycles. The number of para-hydroxylation sites is 3. The molecule has 5 aromatic rings. The average Bonchev–Trinajstić information content (AvgIpc) is 2.81. The molecule has 0 saturated carbocycles. The van der Waals surface area contributed by atoms with Gasteiger partial charge >= 0.3 is 0 Å². The van der Waals surface area contributed by atoms with Crippen LogP contribution in [0, 0.1) is 0 Å². The van der Waals surface area contributed by atoms with Crippen molar-refractivity contribution in [3.05, 3.63) is 116 Å². The molecule has 3 nitrogen and oxygen atoms in total. The zero-order valence-corrected chi connectivity index (χ0v) is 15.8. The van der Waals surface area contributed by atoms with Gasteiger partial charge in [-0.3, -0.25) is 0 Å². The Kier molecular flexibility index (Phi) is 4.47. The molecule has 0 aliphatic heterocycles. The topological polar surface area (TPSA) is 29.0 Å². The summed E-state index contributed by atoms with van der Waals surface area (Å²) >= 11 is 0. The number of anilines is 3. The molecule has 0 spiro atoms. The van der Waals surface area contributed by atoms with Crippen LogP contribution in [0.15, 0.2) is 116 Å². The van der Waals surface area contributed by atoms with Crippen molar-refractivity contribution in [2.24, 2.45) is 0 Å². The van der Waals surface area contributed by atoms with E-state index in [-0.39, 0.29) is 0 Å². The number of aromatic nitrogens is 2. The lowest BCUT2D eigenvalue weighted by Crippen LogP contribution is -2.09. The smallest absolute Gasteiger partial charge is 0.116 e. The second-order valence-corrected chi connectivity index (χ2v) is 6.79. The molecule has 3 heteroatoms. The summed E-state index contributed by atoms with van der Waals surface area (Å²) in [5.41, 5.74) is 6.33. The second kappa shape index (κ2) is 7.56. The Hall–Kier alpha value is -3.98. The van der Waals surface area contributed by atoms with Crippen molar-refractivity contribution in [1.29, 1.82) is 0 Å². The Morgan fingerprint density at radius 1 is 0.483 bits per heavy atom. The summed E-state index contributed by atoms with van der Waals surface area (Å²) in [5.74, 6) is 0. The van der Waals surface area contributed by atoms with Gasteiger partial charge in [0.15, 0.2) is 0 Å². The highest BCUT2D eigenvalue weighted by atomic mass is 15.1. The van der Waals surface area contributed by atoms with E-state index < -0.39 is 0 Å². The number of fused-ring (bicyclic) bond motifs is 1. The maximum absolute atomic E-state index is 4.54. The summed E-state index contributed by atoms with van der Waals surface area (Å²) in [5, 5.41) is 1.06. The summed E-state index contributed by atoms with van der Waals surface area (Å²) in [6, 6.07) is 37.5. The van der Waals surface area contributed by atoms with Gasteiger partial charge in [-0.25, -0.2) is 9.97 Å². The van der Waals surface area contributed by atoms with Crippen LogP contribution in [0.2, 0.25) is 0 Å². The van der Waals surface area contributed by atoms with Gasteiger partial charge in [0.1, 0.15) is 6.33 Å². The van der Waals surface area contributed by atoms with Gasteiger partial charge in [-0.2, -0.15) is 0 Å². The van der Waals surface area contributed by atoms with Gasteiger partial charge in [0.05, 0.1) is 11.2 Å². The first-order chi connectivity index (χ1) is 14.4. The summed E-state index contributed by atoms with van der Waals surface area (Å²) in [4.78, 5) is 11.2. The highest BCUT2D eigenvalue weighted by molar-refractivity contribution is 5.92. The Labute approximate surface area is 169 Å². The molecule has 4 aromatic carbocycles. The summed E-state index contributed by atoms with van der Waals surface area (Å²) in [6.07, 6.45) is 1.63. The minimum absolute atomic E-state index is 0.952. The van der Waals surface area contributed by atoms with E-state index in [0.29, 0.717) is 0 Å². The number of hydrogen-bond donors (Lipinski definition) is 0. The number of hydrogen-bond acceptors (Lipinski definition) is 3. The first-order valence-electron chi connectivity index (χ1n) is 9.60. The maximum Gasteiger partial charge on any atom is 0.116 e. The van der Waals surface area contributed by atoms with Crippen molar-refractivity contribution >= 4 is 28.0 Å². The Balaban J connectivity index is 1.59. The molecule has 29 heavy (non-hydrogen) atoms. The predicted octanol–water partition coefficient (Wildman–Crippen LogP) is 6.77. The molecule has 0 unspecified atom stereocenters. The van der Waals surface area contributed by atoms with Crippen LogP contribution in [-0.4, -0.2) is 9.97 Å². The first-order valence-corrected chi connectivity index (χ1v) is 9.60. The molecular weight excluding hydrogens is 354 g/mol. The van der Waals surface area contributed by atoms with E-state index in [1.165, 1.54) is 0 Å². The van der Waals surface area contributed by atoms with Gasteiger partial charge in [-0.05, 0) is 42.5 Å². The molecule has 1 aromatic heterocycles. The van der Waals surface area contributed by atoms with Crippen LogP contribution in [0.4, 0.5) is 17.1 Å². The molecule has 0 amide bonds. The molecule has 0 bridgehead atoms. The summed E-state index contributed by atoms with van der Waals surface area (Å²) in [7, 11) is 0. The largest absolute Gasteiger partial charge is 0.311 e. The quantitative estimate of drug-likeness (QED) is 0.348. The maximum atomic E-state index is 4.54. The van der Waals surface area contributed by atoms with Crippen molar-refractivity contribution in [3.8, 4) is 11.3 Å². The van der Waals surface area contributed by atoms with Crippen LogP contribution in [0.5, 0.6) is 0 Å². The van der Waals surface area contributed by atoms with E-state index >= 15 is 0 Å². The second-order valence-electron chi connectivity index (χ2n) is 6.79. The van der Waals surface area contributed by atoms with Gasteiger partial charge in [0.2, 0.25) is 0 Å². The highest BCUT2D eigenvalue weighted by Gasteiger charge is 2.12. The van der Waals surface area contributed by atoms with Gasteiger partial charge < -0.3 is 4.90 Å². The van der Waals surface area contributed by atoms with Crippen molar-refractivity contribution in [2.45, 2.75) is 0 Å². The van der Waals surface area contributed by atoms with Crippen molar-refractivity contribution in [3.63, 3.8) is 0 Å². The van der Waals surface area contributed by atoms with Gasteiger partial charge in [-0.1, -0.05) is 66.7 Å². The summed E-state index contributed by atoms with van der Waals surface area (Å²) in [6.45, 7) is 0. The molecule has 0 aliphatic carbocycles. The monoisotopic (exact) mass is 373 g/mol. The predicted molar refractivity (Wildman–Crippen MR) is 120 cm³/mol. The average molecular weight is 373 g/mol. The third-order valence-electron chi connectivity index (χ3n) is 4.97. The standard InChI is InChI=1S/C26H19N3/c1-3-9-21(10-4-1)29(22-11-5-2-6-12-22)23-17-15-20(16-18-23)26-24-13-7-8-14-25(24)27-19-28-26/h1-19H. The van der Waals surface area contributed by atoms with E-state index in [1.54, 1.807) is 6.33 Å². The SMILES string of the molecule is c1ccc(N(c2ccccc2)c2ccc(-c3ncnc4ccccc34)cc2)cc1. The third kappa shape index (κ3) is 3.34. The number of nitrogens with zero attached hydrogens (tertiary/aromatic N) is 3. The Morgan fingerprint density at radius 2 is 1.03 bits per heavy atom. The molecule has 0 radical (unpaired) electrons. The molecule has 5 rings (SSSR count). The Morgan fingerprint density at radius 3 is 1.69 bits per heavy atom. The van der Waals surface area contributed by atoms with E-state index in [4.69, 9.17) is 0 Å². The minimum Gasteiger partial charge on any atom is -0.311 e. The normalized spacial score (nSPS) is 10.8. The van der Waals surface area contributed by atoms with E-state index in [2.05, 4.69) is 93.7 Å². The van der Waals surface area contributed by atoms with Crippen molar-refractivity contribution in [2.75, 3.05) is 4.90 Å². The van der Waals surface area contributed by atoms with Crippen LogP contribution in [0.25, 0.3) is 22.2 Å². The molecule has 0 N–H and O–H groups in total. The van der Waals surface area contributed by atoms with Gasteiger partial charge in [-0.15, -0.1) is 0 Å². The molecule has 1 heterocycles. The van der Waals surface area contributed by atoms with E-state index in [9.17, 15) is 0 Å². The molecular formula is C26H19N3. The molecule has 0 fully saturated rings. The van der Waals surface area contributed by atoms with Gasteiger partial charge in [0.25, 0.3) is 0 Å². The van der Waals surface area contributed by atoms with Crippen LogP contribution in [0.1, 0.15) is 0 Å². The lowest BCUT2D eigenvalue weighted by atomic mass is 10.1. The fraction of sp³-hybridized carbons (Fsp3) is 0. The lowest BCUT2D eigenvalue weighted by molar-refractivity contribution is 1.22. The van der Waals surface area contributed by atoms with Crippen LogP contribution >= 0.6 is 0 Å². The molecule has 0 atom stereocenters. The van der Waals surface area contributed by atoms with E-state index in [1.807, 2.05) is 30.3 Å². The van der Waals surface area contributed by atoms with Crippen molar-refractivity contribution < 1.29 is 0 Å². The third-order valence-corrected chi connectivity index (χ3v) is 4.97. The van der Waals surface area contributed by atoms with Gasteiger partial charge in [0, 0.05) is 28.0 Å². The highest BCUT2D eigenvalue weighted by Crippen LogP contribution is 2.35. The zero-order valence-electron chi connectivity index (χ0n) is 15.8. The number of benzene rings is 4. The fourth-order valence-corrected chi connectivity index (χ4v) is 3.60. The first kappa shape index (κ1) is 17.1. The van der Waals surface area contributed by atoms with Crippen molar-refractivity contribution in [1.82, 2.24) is 9.97 Å².